The van der Waals surface area contributed by atoms with Crippen LogP contribution in [-0.2, 0) is 16.1 Å². The zero-order valence-corrected chi connectivity index (χ0v) is 16.1. The maximum absolute atomic E-state index is 14.1. The number of carbonyl (C=O) groups is 1. The summed E-state index contributed by atoms with van der Waals surface area (Å²) in [5.74, 6) is 0.365. The number of esters is 1. The van der Waals surface area contributed by atoms with Crippen molar-refractivity contribution in [2.24, 2.45) is 0 Å². The predicted octanol–water partition coefficient (Wildman–Crippen LogP) is 3.59. The topological polar surface area (TPSA) is 91.2 Å². The Morgan fingerprint density at radius 3 is 3.10 bits per heavy atom. The maximum Gasteiger partial charge on any atom is 0.312 e. The minimum atomic E-state index is -0.830. The molecule has 0 aliphatic carbocycles. The average Bonchev–Trinajstić information content (AvgIpc) is 2.92. The lowest BCUT2D eigenvalue weighted by Crippen LogP contribution is -2.12. The third kappa shape index (κ3) is 4.51. The number of benzene rings is 1. The molecule has 3 aromatic rings. The van der Waals surface area contributed by atoms with Gasteiger partial charge < -0.3 is 14.8 Å². The maximum atomic E-state index is 14.1. The van der Waals surface area contributed by atoms with Crippen molar-refractivity contribution in [3.8, 4) is 5.75 Å². The molecule has 1 atom stereocenters. The van der Waals surface area contributed by atoms with Crippen LogP contribution in [0.15, 0.2) is 30.6 Å². The van der Waals surface area contributed by atoms with E-state index in [1.165, 1.54) is 6.92 Å². The van der Waals surface area contributed by atoms with Crippen LogP contribution < -0.4 is 10.1 Å². The van der Waals surface area contributed by atoms with E-state index in [2.05, 4.69) is 20.3 Å². The Morgan fingerprint density at radius 1 is 1.34 bits per heavy atom. The van der Waals surface area contributed by atoms with Crippen LogP contribution in [0.25, 0.3) is 11.2 Å². The van der Waals surface area contributed by atoms with Crippen molar-refractivity contribution >= 4 is 23.0 Å². The standard InChI is InChI=1S/C20H22FN5O3/c1-13(27)29-15-7-5-6-14(10-15)11-22-18-17-19(25-20(21)24-18)26(12-23-17)16-8-3-2-4-9-28-16/h5-7,10,12,16H,2-4,8-9,11H2,1H3,(H,22,24,25). The van der Waals surface area contributed by atoms with Gasteiger partial charge in [0.05, 0.1) is 6.33 Å². The van der Waals surface area contributed by atoms with Crippen LogP contribution in [0, 0.1) is 6.08 Å². The molecule has 152 valence electrons. The second-order valence-corrected chi connectivity index (χ2v) is 6.93. The molecular formula is C20H22FN5O3. The number of nitrogens with zero attached hydrogens (tertiary/aromatic N) is 4. The van der Waals surface area contributed by atoms with Gasteiger partial charge in [-0.15, -0.1) is 0 Å². The summed E-state index contributed by atoms with van der Waals surface area (Å²) in [5, 5.41) is 3.11. The molecule has 4 rings (SSSR count). The summed E-state index contributed by atoms with van der Waals surface area (Å²) < 4.78 is 26.9. The molecule has 1 aliphatic heterocycles. The van der Waals surface area contributed by atoms with Crippen molar-refractivity contribution in [3.05, 3.63) is 42.2 Å². The minimum Gasteiger partial charge on any atom is -0.427 e. The van der Waals surface area contributed by atoms with E-state index in [1.54, 1.807) is 29.1 Å². The number of carbonyl (C=O) groups excluding carboxylic acids is 1. The Hall–Kier alpha value is -3.07. The van der Waals surface area contributed by atoms with E-state index in [4.69, 9.17) is 9.47 Å². The first kappa shape index (κ1) is 19.3. The van der Waals surface area contributed by atoms with Gasteiger partial charge in [-0.3, -0.25) is 9.36 Å². The van der Waals surface area contributed by atoms with E-state index in [0.29, 0.717) is 35.9 Å². The van der Waals surface area contributed by atoms with Crippen LogP contribution in [0.2, 0.25) is 0 Å². The molecule has 1 N–H and O–H groups in total. The molecule has 29 heavy (non-hydrogen) atoms. The number of anilines is 1. The number of rotatable bonds is 5. The highest BCUT2D eigenvalue weighted by Gasteiger charge is 2.20. The highest BCUT2D eigenvalue weighted by atomic mass is 19.1. The smallest absolute Gasteiger partial charge is 0.312 e. The zero-order chi connectivity index (χ0) is 20.2. The van der Waals surface area contributed by atoms with Crippen molar-refractivity contribution in [1.29, 1.82) is 0 Å². The minimum absolute atomic E-state index is 0.204. The SMILES string of the molecule is CC(=O)Oc1cccc(CNc2nc(F)nc3c2ncn3C2CCCCCO2)c1. The summed E-state index contributed by atoms with van der Waals surface area (Å²) in [6.45, 7) is 2.37. The third-order valence-electron chi connectivity index (χ3n) is 4.73. The number of nitrogens with one attached hydrogen (secondary N) is 1. The van der Waals surface area contributed by atoms with E-state index in [9.17, 15) is 9.18 Å². The Labute approximate surface area is 167 Å². The summed E-state index contributed by atoms with van der Waals surface area (Å²) >= 11 is 0. The first-order valence-electron chi connectivity index (χ1n) is 9.63. The number of ether oxygens (including phenoxy) is 2. The highest BCUT2D eigenvalue weighted by Crippen LogP contribution is 2.27. The van der Waals surface area contributed by atoms with E-state index >= 15 is 0 Å². The Balaban J connectivity index is 1.57. The Kier molecular flexibility index (Phi) is 5.66. The summed E-state index contributed by atoms with van der Waals surface area (Å²) in [4.78, 5) is 23.3. The fourth-order valence-electron chi connectivity index (χ4n) is 3.41. The van der Waals surface area contributed by atoms with Gasteiger partial charge >= 0.3 is 12.0 Å². The summed E-state index contributed by atoms with van der Waals surface area (Å²) in [6.07, 6.45) is 4.61. The molecule has 2 aromatic heterocycles. The first-order valence-corrected chi connectivity index (χ1v) is 9.63. The van der Waals surface area contributed by atoms with Crippen molar-refractivity contribution < 1.29 is 18.7 Å². The first-order chi connectivity index (χ1) is 14.1. The molecule has 1 unspecified atom stereocenters. The second kappa shape index (κ2) is 8.52. The fourth-order valence-corrected chi connectivity index (χ4v) is 3.41. The molecule has 1 saturated heterocycles. The van der Waals surface area contributed by atoms with Crippen LogP contribution >= 0.6 is 0 Å². The van der Waals surface area contributed by atoms with Crippen molar-refractivity contribution in [2.45, 2.75) is 45.4 Å². The molecule has 8 nitrogen and oxygen atoms in total. The number of hydrogen-bond acceptors (Lipinski definition) is 7. The molecule has 9 heteroatoms. The zero-order valence-electron chi connectivity index (χ0n) is 16.1. The van der Waals surface area contributed by atoms with Gasteiger partial charge in [0.15, 0.2) is 17.0 Å². The van der Waals surface area contributed by atoms with Crippen LogP contribution in [-0.4, -0.2) is 32.1 Å². The molecule has 0 spiro atoms. The molecule has 0 bridgehead atoms. The highest BCUT2D eigenvalue weighted by molar-refractivity contribution is 5.82. The lowest BCUT2D eigenvalue weighted by Gasteiger charge is -2.17. The summed E-state index contributed by atoms with van der Waals surface area (Å²) in [5.41, 5.74) is 1.73. The van der Waals surface area contributed by atoms with Crippen molar-refractivity contribution in [3.63, 3.8) is 0 Å². The van der Waals surface area contributed by atoms with Crippen LogP contribution in [0.4, 0.5) is 10.2 Å². The largest absolute Gasteiger partial charge is 0.427 e. The Morgan fingerprint density at radius 2 is 2.24 bits per heavy atom. The van der Waals surface area contributed by atoms with E-state index < -0.39 is 6.08 Å². The number of halogens is 1. The van der Waals surface area contributed by atoms with Gasteiger partial charge in [-0.2, -0.15) is 14.4 Å². The quantitative estimate of drug-likeness (QED) is 0.398. The number of fused-ring (bicyclic) bond motifs is 1. The molecule has 1 fully saturated rings. The lowest BCUT2D eigenvalue weighted by atomic mass is 10.2. The van der Waals surface area contributed by atoms with Gasteiger partial charge in [-0.25, -0.2) is 4.98 Å². The van der Waals surface area contributed by atoms with Crippen molar-refractivity contribution in [1.82, 2.24) is 19.5 Å². The van der Waals surface area contributed by atoms with Crippen LogP contribution in [0.5, 0.6) is 5.75 Å². The number of aromatic nitrogens is 4. The predicted molar refractivity (Wildman–Crippen MR) is 104 cm³/mol. The summed E-state index contributed by atoms with van der Waals surface area (Å²) in [6, 6.07) is 7.08. The average molecular weight is 399 g/mol. The van der Waals surface area contributed by atoms with Gasteiger partial charge in [-0.1, -0.05) is 18.6 Å². The van der Waals surface area contributed by atoms with E-state index in [1.807, 2.05) is 6.07 Å². The lowest BCUT2D eigenvalue weighted by molar-refractivity contribution is -0.131. The third-order valence-corrected chi connectivity index (χ3v) is 4.73. The molecule has 1 aromatic carbocycles. The normalized spacial score (nSPS) is 17.1. The molecule has 3 heterocycles. The molecule has 0 saturated carbocycles. The fraction of sp³-hybridized carbons (Fsp3) is 0.400. The van der Waals surface area contributed by atoms with Gasteiger partial charge in [0, 0.05) is 20.1 Å². The van der Waals surface area contributed by atoms with Gasteiger partial charge in [-0.05, 0) is 37.0 Å². The van der Waals surface area contributed by atoms with Crippen LogP contribution in [0.1, 0.15) is 44.4 Å². The van der Waals surface area contributed by atoms with Gasteiger partial charge in [0.25, 0.3) is 0 Å². The molecule has 0 amide bonds. The number of imidazole rings is 1. The van der Waals surface area contributed by atoms with Gasteiger partial charge in [0.1, 0.15) is 12.0 Å². The van der Waals surface area contributed by atoms with E-state index in [-0.39, 0.29) is 12.2 Å². The van der Waals surface area contributed by atoms with E-state index in [0.717, 1.165) is 31.2 Å². The molecular weight excluding hydrogens is 377 g/mol. The van der Waals surface area contributed by atoms with Gasteiger partial charge in [0.2, 0.25) is 0 Å². The molecule has 0 radical (unpaired) electrons. The summed E-state index contributed by atoms with van der Waals surface area (Å²) in [7, 11) is 0. The monoisotopic (exact) mass is 399 g/mol. The second-order valence-electron chi connectivity index (χ2n) is 6.93. The van der Waals surface area contributed by atoms with Crippen LogP contribution in [0.3, 0.4) is 0 Å². The molecule has 1 aliphatic rings. The van der Waals surface area contributed by atoms with Crippen molar-refractivity contribution in [2.75, 3.05) is 11.9 Å². The number of hydrogen-bond donors (Lipinski definition) is 1. The Bertz CT molecular complexity index is 1010.